The van der Waals surface area contributed by atoms with Crippen LogP contribution in [-0.4, -0.2) is 18.5 Å². The summed E-state index contributed by atoms with van der Waals surface area (Å²) in [6.45, 7) is 2.72. The van der Waals surface area contributed by atoms with Gasteiger partial charge < -0.3 is 10.6 Å². The fourth-order valence-corrected chi connectivity index (χ4v) is 2.03. The monoisotopic (exact) mass is 272 g/mol. The molecule has 5 heteroatoms. The molecule has 2 N–H and O–H groups in total. The predicted molar refractivity (Wildman–Crippen MR) is 72.7 cm³/mol. The van der Waals surface area contributed by atoms with Gasteiger partial charge in [-0.3, -0.25) is 4.79 Å². The Balaban J connectivity index is 0.00000162. The minimum Gasteiger partial charge on any atom is -0.322 e. The Kier molecular flexibility index (Phi) is 5.56. The van der Waals surface area contributed by atoms with Crippen LogP contribution >= 0.6 is 12.4 Å². The van der Waals surface area contributed by atoms with E-state index >= 15 is 0 Å². The number of aryl methyl sites for hydroxylation is 1. The molecule has 0 aromatic heterocycles. The normalized spacial score (nSPS) is 18.9. The molecule has 0 saturated carbocycles. The van der Waals surface area contributed by atoms with Crippen molar-refractivity contribution < 1.29 is 9.18 Å². The highest BCUT2D eigenvalue weighted by molar-refractivity contribution is 5.95. The zero-order chi connectivity index (χ0) is 12.3. The highest BCUT2D eigenvalue weighted by Crippen LogP contribution is 2.17. The minimum absolute atomic E-state index is 0. The Morgan fingerprint density at radius 2 is 2.22 bits per heavy atom. The van der Waals surface area contributed by atoms with Gasteiger partial charge in [-0.15, -0.1) is 12.4 Å². The zero-order valence-electron chi connectivity index (χ0n) is 10.3. The third kappa shape index (κ3) is 3.68. The molecule has 0 unspecified atom stereocenters. The van der Waals surface area contributed by atoms with Crippen LogP contribution in [0.4, 0.5) is 10.1 Å². The molecule has 1 aromatic rings. The number of piperidine rings is 1. The van der Waals surface area contributed by atoms with Gasteiger partial charge in [0, 0.05) is 0 Å². The number of hydrogen-bond donors (Lipinski definition) is 2. The molecule has 0 bridgehead atoms. The summed E-state index contributed by atoms with van der Waals surface area (Å²) in [7, 11) is 0. The first-order valence-electron chi connectivity index (χ1n) is 5.97. The van der Waals surface area contributed by atoms with Crippen LogP contribution in [0.3, 0.4) is 0 Å². The summed E-state index contributed by atoms with van der Waals surface area (Å²) in [5.74, 6) is -0.533. The van der Waals surface area contributed by atoms with Gasteiger partial charge in [0.25, 0.3) is 0 Å². The Bertz CT molecular complexity index is 419. The van der Waals surface area contributed by atoms with Crippen LogP contribution in [0.5, 0.6) is 0 Å². The van der Waals surface area contributed by atoms with Crippen LogP contribution in [-0.2, 0) is 4.79 Å². The van der Waals surface area contributed by atoms with Gasteiger partial charge >= 0.3 is 0 Å². The van der Waals surface area contributed by atoms with Crippen molar-refractivity contribution in [1.29, 1.82) is 0 Å². The van der Waals surface area contributed by atoms with Crippen LogP contribution in [0.25, 0.3) is 0 Å². The summed E-state index contributed by atoms with van der Waals surface area (Å²) in [5, 5.41) is 5.78. The third-order valence-electron chi connectivity index (χ3n) is 3.01. The molecule has 1 fully saturated rings. The molecule has 1 aliphatic rings. The molecule has 2 rings (SSSR count). The summed E-state index contributed by atoms with van der Waals surface area (Å²) >= 11 is 0. The van der Waals surface area contributed by atoms with E-state index in [0.717, 1.165) is 31.4 Å². The maximum absolute atomic E-state index is 13.5. The molecular weight excluding hydrogens is 255 g/mol. The Hall–Kier alpha value is -1.13. The van der Waals surface area contributed by atoms with Crippen molar-refractivity contribution in [3.05, 3.63) is 29.6 Å². The molecule has 1 amide bonds. The lowest BCUT2D eigenvalue weighted by molar-refractivity contribution is -0.118. The Morgan fingerprint density at radius 1 is 1.44 bits per heavy atom. The Morgan fingerprint density at radius 3 is 2.89 bits per heavy atom. The fourth-order valence-electron chi connectivity index (χ4n) is 2.03. The van der Waals surface area contributed by atoms with Crippen LogP contribution < -0.4 is 10.6 Å². The van der Waals surface area contributed by atoms with E-state index in [1.165, 1.54) is 6.07 Å². The van der Waals surface area contributed by atoms with Crippen molar-refractivity contribution in [3.8, 4) is 0 Å². The van der Waals surface area contributed by atoms with E-state index in [-0.39, 0.29) is 35.9 Å². The van der Waals surface area contributed by atoms with E-state index in [4.69, 9.17) is 0 Å². The summed E-state index contributed by atoms with van der Waals surface area (Å²) < 4.78 is 13.5. The van der Waals surface area contributed by atoms with Crippen molar-refractivity contribution in [2.24, 2.45) is 0 Å². The molecule has 100 valence electrons. The summed E-state index contributed by atoms with van der Waals surface area (Å²) in [6.07, 6.45) is 2.96. The molecule has 0 aliphatic carbocycles. The number of carbonyl (C=O) groups excluding carboxylic acids is 1. The van der Waals surface area contributed by atoms with Gasteiger partial charge in [-0.2, -0.15) is 0 Å². The first kappa shape index (κ1) is 14.9. The van der Waals surface area contributed by atoms with Gasteiger partial charge in [0.1, 0.15) is 5.82 Å². The molecule has 3 nitrogen and oxygen atoms in total. The maximum Gasteiger partial charge on any atom is 0.241 e. The molecule has 1 atom stereocenters. The maximum atomic E-state index is 13.5. The first-order valence-corrected chi connectivity index (χ1v) is 5.97. The van der Waals surface area contributed by atoms with Gasteiger partial charge in [-0.25, -0.2) is 4.39 Å². The quantitative estimate of drug-likeness (QED) is 0.869. The zero-order valence-corrected chi connectivity index (χ0v) is 11.1. The van der Waals surface area contributed by atoms with Gasteiger partial charge in [0.05, 0.1) is 11.7 Å². The predicted octanol–water partition coefficient (Wildman–Crippen LogP) is 2.64. The second-order valence-electron chi connectivity index (χ2n) is 4.48. The number of rotatable bonds is 2. The number of amides is 1. The number of hydrogen-bond acceptors (Lipinski definition) is 2. The van der Waals surface area contributed by atoms with Crippen LogP contribution in [0.1, 0.15) is 24.8 Å². The molecule has 1 saturated heterocycles. The highest BCUT2D eigenvalue weighted by atomic mass is 35.5. The smallest absolute Gasteiger partial charge is 0.241 e. The molecule has 1 heterocycles. The van der Waals surface area contributed by atoms with E-state index in [9.17, 15) is 9.18 Å². The molecular formula is C13H18ClFN2O. The summed E-state index contributed by atoms with van der Waals surface area (Å²) in [4.78, 5) is 11.9. The third-order valence-corrected chi connectivity index (χ3v) is 3.01. The van der Waals surface area contributed by atoms with E-state index in [1.807, 2.05) is 6.92 Å². The molecule has 0 radical (unpaired) electrons. The molecule has 1 aliphatic heterocycles. The molecule has 0 spiro atoms. The average molecular weight is 273 g/mol. The number of halogens is 2. The van der Waals surface area contributed by atoms with Crippen LogP contribution in [0.2, 0.25) is 0 Å². The fraction of sp³-hybridized carbons (Fsp3) is 0.462. The second-order valence-corrected chi connectivity index (χ2v) is 4.48. The van der Waals surface area contributed by atoms with Crippen molar-refractivity contribution in [2.45, 2.75) is 32.2 Å². The number of benzene rings is 1. The lowest BCUT2D eigenvalue weighted by atomic mass is 10.0. The van der Waals surface area contributed by atoms with Crippen LogP contribution in [0.15, 0.2) is 18.2 Å². The minimum atomic E-state index is -0.389. The van der Waals surface area contributed by atoms with Crippen molar-refractivity contribution >= 4 is 24.0 Å². The van der Waals surface area contributed by atoms with E-state index in [2.05, 4.69) is 10.6 Å². The standard InChI is InChI=1S/C13H17FN2O.ClH/c1-9-5-6-10(14)12(8-9)16-13(17)11-4-2-3-7-15-11;/h5-6,8,11,15H,2-4,7H2,1H3,(H,16,17);1H/t11-;/m0./s1. The van der Waals surface area contributed by atoms with Gasteiger partial charge in [0.15, 0.2) is 0 Å². The van der Waals surface area contributed by atoms with E-state index < -0.39 is 0 Å². The number of carbonyl (C=O) groups is 1. The van der Waals surface area contributed by atoms with Crippen molar-refractivity contribution in [1.82, 2.24) is 5.32 Å². The lowest BCUT2D eigenvalue weighted by Gasteiger charge is -2.22. The largest absolute Gasteiger partial charge is 0.322 e. The average Bonchev–Trinajstić information content (AvgIpc) is 2.35. The van der Waals surface area contributed by atoms with E-state index in [0.29, 0.717) is 0 Å². The van der Waals surface area contributed by atoms with Gasteiger partial charge in [-0.1, -0.05) is 12.5 Å². The van der Waals surface area contributed by atoms with Gasteiger partial charge in [-0.05, 0) is 44.0 Å². The molecule has 1 aromatic carbocycles. The number of nitrogens with one attached hydrogen (secondary N) is 2. The Labute approximate surface area is 113 Å². The first-order chi connectivity index (χ1) is 8.16. The lowest BCUT2D eigenvalue weighted by Crippen LogP contribution is -2.43. The number of anilines is 1. The topological polar surface area (TPSA) is 41.1 Å². The summed E-state index contributed by atoms with van der Waals surface area (Å²) in [5.41, 5.74) is 1.20. The summed E-state index contributed by atoms with van der Waals surface area (Å²) in [6, 6.07) is 4.52. The second kappa shape index (κ2) is 6.71. The van der Waals surface area contributed by atoms with E-state index in [1.54, 1.807) is 12.1 Å². The van der Waals surface area contributed by atoms with Gasteiger partial charge in [0.2, 0.25) is 5.91 Å². The molecule has 18 heavy (non-hydrogen) atoms. The highest BCUT2D eigenvalue weighted by Gasteiger charge is 2.21. The van der Waals surface area contributed by atoms with Crippen molar-refractivity contribution in [2.75, 3.05) is 11.9 Å². The van der Waals surface area contributed by atoms with Crippen LogP contribution in [0, 0.1) is 12.7 Å². The SMILES string of the molecule is Cc1ccc(F)c(NC(=O)[C@@H]2CCCCN2)c1.Cl. The van der Waals surface area contributed by atoms with Crippen molar-refractivity contribution in [3.63, 3.8) is 0 Å².